The molecule has 0 amide bonds. The summed E-state index contributed by atoms with van der Waals surface area (Å²) < 4.78 is 5.13. The fraction of sp³-hybridized carbons (Fsp3) is 0.286. The van der Waals surface area contributed by atoms with E-state index in [0.29, 0.717) is 39.5 Å². The summed E-state index contributed by atoms with van der Waals surface area (Å²) in [4.78, 5) is 49.4. The van der Waals surface area contributed by atoms with Crippen molar-refractivity contribution < 1.29 is 24.2 Å². The molecule has 44 heavy (non-hydrogen) atoms. The molecule has 5 N–H and O–H groups in total. The number of carbonyl (C=O) groups is 3. The van der Waals surface area contributed by atoms with Crippen molar-refractivity contribution >= 4 is 47.6 Å². The smallest absolute Gasteiger partial charge is 0.328 e. The SMILES string of the molecule is C=Cc1c2[nH]c(c1C)/C=c1\[nH]/c(c(/C=C/C(=O)O)c1C)=C1\c3[nH]c(c(C)c3C(=O)[C@@H]1C(=O)OC)C[C@@H]1N/C(=C\2)C(C)=C1CC. The quantitative estimate of drug-likeness (QED) is 0.173. The fourth-order valence-electron chi connectivity index (χ4n) is 7.06. The molecule has 2 aliphatic heterocycles. The molecule has 0 aromatic carbocycles. The van der Waals surface area contributed by atoms with Gasteiger partial charge in [0, 0.05) is 62.9 Å². The Labute approximate surface area is 254 Å². The molecule has 3 aliphatic rings. The van der Waals surface area contributed by atoms with E-state index in [1.54, 1.807) is 0 Å². The van der Waals surface area contributed by atoms with Gasteiger partial charge in [-0.1, -0.05) is 19.6 Å². The van der Waals surface area contributed by atoms with Crippen molar-refractivity contribution in [3.8, 4) is 0 Å². The van der Waals surface area contributed by atoms with Crippen LogP contribution in [0, 0.1) is 26.7 Å². The lowest BCUT2D eigenvalue weighted by atomic mass is 9.95. The number of allylic oxidation sites excluding steroid dienone is 1. The van der Waals surface area contributed by atoms with Crippen LogP contribution in [0.1, 0.15) is 81.2 Å². The summed E-state index contributed by atoms with van der Waals surface area (Å²) in [5, 5.41) is 14.4. The molecule has 5 heterocycles. The van der Waals surface area contributed by atoms with Crippen molar-refractivity contribution in [3.05, 3.63) is 96.4 Å². The Balaban J connectivity index is 1.77. The molecule has 0 saturated heterocycles. The summed E-state index contributed by atoms with van der Waals surface area (Å²) in [5.74, 6) is -3.32. The van der Waals surface area contributed by atoms with E-state index in [0.717, 1.165) is 57.5 Å². The van der Waals surface area contributed by atoms with Crippen LogP contribution in [-0.4, -0.2) is 50.9 Å². The Bertz CT molecular complexity index is 2020. The van der Waals surface area contributed by atoms with Crippen LogP contribution in [-0.2, 0) is 20.7 Å². The number of carboxylic acid groups (broad SMARTS) is 1. The molecule has 0 saturated carbocycles. The number of rotatable bonds is 5. The number of ether oxygens (including phenoxy) is 1. The number of Topliss-reactive ketones (excluding diaryl/α,β-unsaturated/α-hetero) is 1. The molecule has 8 bridgehead atoms. The zero-order valence-corrected chi connectivity index (χ0v) is 25.7. The predicted octanol–water partition coefficient (Wildman–Crippen LogP) is 3.95. The number of H-pyrrole nitrogens is 3. The van der Waals surface area contributed by atoms with E-state index in [9.17, 15) is 19.5 Å². The number of aliphatic carboxylic acids is 1. The second-order valence-electron chi connectivity index (χ2n) is 11.6. The average Bonchev–Trinajstić information content (AvgIpc) is 3.72. The van der Waals surface area contributed by atoms with E-state index in [1.165, 1.54) is 24.3 Å². The molecular weight excluding hydrogens is 556 g/mol. The maximum Gasteiger partial charge on any atom is 0.328 e. The highest BCUT2D eigenvalue weighted by Crippen LogP contribution is 2.40. The molecule has 0 fully saturated rings. The zero-order valence-electron chi connectivity index (χ0n) is 25.7. The second-order valence-corrected chi connectivity index (χ2v) is 11.6. The van der Waals surface area contributed by atoms with Gasteiger partial charge in [0.05, 0.1) is 24.2 Å². The maximum absolute atomic E-state index is 14.0. The standard InChI is InChI=1S/C35H36N4O5/c1-8-19-15(3)22-12-24-17(5)21(10-11-28(40)41)32(38-24)30-31(35(43)44-7)34(42)29-18(6)25(39-33(29)30)14-27-20(9-2)16(4)23(37-27)13-26(19)36-22/h8,10-13,27,31,36-39H,1,9,14H2,2-7H3,(H,40,41)/b11-10+,23-13-,24-12-,32-30-/t27-,31+/m0/s1. The molecule has 226 valence electrons. The van der Waals surface area contributed by atoms with Gasteiger partial charge < -0.3 is 30.1 Å². The summed E-state index contributed by atoms with van der Waals surface area (Å²) in [5.41, 5.74) is 11.8. The van der Waals surface area contributed by atoms with Crippen molar-refractivity contribution in [2.45, 2.75) is 53.5 Å². The lowest BCUT2D eigenvalue weighted by Crippen LogP contribution is -2.29. The Kier molecular flexibility index (Phi) is 6.99. The van der Waals surface area contributed by atoms with Crippen LogP contribution in [0.5, 0.6) is 0 Å². The molecule has 9 nitrogen and oxygen atoms in total. The predicted molar refractivity (Wildman–Crippen MR) is 170 cm³/mol. The van der Waals surface area contributed by atoms with E-state index >= 15 is 0 Å². The summed E-state index contributed by atoms with van der Waals surface area (Å²) in [6.45, 7) is 14.2. The minimum Gasteiger partial charge on any atom is -0.478 e. The van der Waals surface area contributed by atoms with Crippen LogP contribution < -0.4 is 16.0 Å². The molecule has 0 radical (unpaired) electrons. The number of hydrogen-bond acceptors (Lipinski definition) is 5. The number of carboxylic acids is 1. The first kappa shape index (κ1) is 29.0. The van der Waals surface area contributed by atoms with Crippen molar-refractivity contribution in [1.82, 2.24) is 20.3 Å². The Hall–Kier alpha value is -5.05. The number of ketones is 1. The molecular formula is C35H36N4O5. The molecule has 0 spiro atoms. The topological polar surface area (TPSA) is 140 Å². The van der Waals surface area contributed by atoms with E-state index < -0.39 is 17.9 Å². The van der Waals surface area contributed by atoms with E-state index in [2.05, 4.69) is 46.8 Å². The highest BCUT2D eigenvalue weighted by atomic mass is 16.5. The average molecular weight is 593 g/mol. The van der Waals surface area contributed by atoms with Gasteiger partial charge in [0.1, 0.15) is 5.92 Å². The van der Waals surface area contributed by atoms with Crippen LogP contribution >= 0.6 is 0 Å². The number of carbonyl (C=O) groups excluding carboxylic acids is 2. The number of esters is 1. The number of hydrogen-bond donors (Lipinski definition) is 5. The van der Waals surface area contributed by atoms with E-state index in [4.69, 9.17) is 4.74 Å². The fourth-order valence-corrected chi connectivity index (χ4v) is 7.06. The maximum atomic E-state index is 14.0. The number of methoxy groups -OCH3 is 1. The Morgan fingerprint density at radius 2 is 1.80 bits per heavy atom. The minimum atomic E-state index is -1.20. The number of aromatic amines is 3. The largest absolute Gasteiger partial charge is 0.478 e. The Morgan fingerprint density at radius 1 is 1.05 bits per heavy atom. The van der Waals surface area contributed by atoms with Crippen LogP contribution in [0.15, 0.2) is 29.5 Å². The van der Waals surface area contributed by atoms with Gasteiger partial charge >= 0.3 is 11.9 Å². The third-order valence-corrected chi connectivity index (χ3v) is 9.43. The molecule has 6 rings (SSSR count). The van der Waals surface area contributed by atoms with Gasteiger partial charge in [0.25, 0.3) is 0 Å². The second kappa shape index (κ2) is 10.6. The number of nitrogens with one attached hydrogen (secondary N) is 4. The van der Waals surface area contributed by atoms with Crippen molar-refractivity contribution in [2.24, 2.45) is 5.92 Å². The third kappa shape index (κ3) is 4.25. The van der Waals surface area contributed by atoms with Gasteiger partial charge in [0.2, 0.25) is 0 Å². The van der Waals surface area contributed by atoms with Crippen molar-refractivity contribution in [1.29, 1.82) is 0 Å². The summed E-state index contributed by atoms with van der Waals surface area (Å²) >= 11 is 0. The van der Waals surface area contributed by atoms with Gasteiger partial charge in [-0.2, -0.15) is 0 Å². The zero-order chi connectivity index (χ0) is 31.6. The van der Waals surface area contributed by atoms with Gasteiger partial charge in [-0.3, -0.25) is 9.59 Å². The molecule has 1 aliphatic carbocycles. The van der Waals surface area contributed by atoms with E-state index in [-0.39, 0.29) is 11.8 Å². The van der Waals surface area contributed by atoms with E-state index in [1.807, 2.05) is 32.9 Å². The summed E-state index contributed by atoms with van der Waals surface area (Å²) in [6, 6.07) is 0.00857. The van der Waals surface area contributed by atoms with Gasteiger partial charge in [-0.05, 0) is 80.2 Å². The molecule has 2 atom stereocenters. The highest BCUT2D eigenvalue weighted by molar-refractivity contribution is 6.23. The molecule has 0 unspecified atom stereocenters. The summed E-state index contributed by atoms with van der Waals surface area (Å²) in [6.07, 6.45) is 9.98. The first-order valence-corrected chi connectivity index (χ1v) is 14.7. The first-order chi connectivity index (χ1) is 21.0. The molecule has 3 aromatic heterocycles. The lowest BCUT2D eigenvalue weighted by Gasteiger charge is -2.16. The normalized spacial score (nSPS) is 22.1. The van der Waals surface area contributed by atoms with Crippen LogP contribution in [0.4, 0.5) is 0 Å². The highest BCUT2D eigenvalue weighted by Gasteiger charge is 2.45. The monoisotopic (exact) mass is 592 g/mol. The van der Waals surface area contributed by atoms with Gasteiger partial charge in [-0.25, -0.2) is 4.79 Å². The third-order valence-electron chi connectivity index (χ3n) is 9.43. The lowest BCUT2D eigenvalue weighted by molar-refractivity contribution is -0.141. The summed E-state index contributed by atoms with van der Waals surface area (Å²) in [7, 11) is 1.27. The molecule has 9 heteroatoms. The van der Waals surface area contributed by atoms with Gasteiger partial charge in [-0.15, -0.1) is 0 Å². The van der Waals surface area contributed by atoms with Crippen molar-refractivity contribution in [2.75, 3.05) is 7.11 Å². The van der Waals surface area contributed by atoms with Crippen molar-refractivity contribution in [3.63, 3.8) is 0 Å². The van der Waals surface area contributed by atoms with Crippen LogP contribution in [0.3, 0.4) is 0 Å². The van der Waals surface area contributed by atoms with Crippen LogP contribution in [0.2, 0.25) is 0 Å². The minimum absolute atomic E-state index is 0.00857. The number of aromatic nitrogens is 3. The molecule has 3 aromatic rings. The first-order valence-electron chi connectivity index (χ1n) is 14.7. The number of fused-ring (bicyclic) bond motifs is 7. The Morgan fingerprint density at radius 3 is 2.45 bits per heavy atom. The van der Waals surface area contributed by atoms with Gasteiger partial charge in [0.15, 0.2) is 5.78 Å². The van der Waals surface area contributed by atoms with Crippen LogP contribution in [0.25, 0.3) is 29.9 Å².